The van der Waals surface area contributed by atoms with Crippen molar-refractivity contribution in [3.8, 4) is 6.07 Å². The lowest BCUT2D eigenvalue weighted by molar-refractivity contribution is 0.581. The van der Waals surface area contributed by atoms with Gasteiger partial charge in [0, 0.05) is 17.8 Å². The number of hydrogen-bond donors (Lipinski definition) is 0. The summed E-state index contributed by atoms with van der Waals surface area (Å²) >= 11 is 0. The van der Waals surface area contributed by atoms with Crippen molar-refractivity contribution in [1.29, 1.82) is 5.26 Å². The van der Waals surface area contributed by atoms with Gasteiger partial charge in [0.25, 0.3) is 0 Å². The van der Waals surface area contributed by atoms with Crippen LogP contribution in [0.4, 0.5) is 8.78 Å². The van der Waals surface area contributed by atoms with Gasteiger partial charge in [-0.3, -0.25) is 4.98 Å². The maximum absolute atomic E-state index is 13.6. The zero-order valence-electron chi connectivity index (χ0n) is 13.8. The quantitative estimate of drug-likeness (QED) is 0.677. The molecule has 3 aromatic rings. The molecule has 1 heterocycles. The van der Waals surface area contributed by atoms with Crippen LogP contribution in [0, 0.1) is 23.0 Å². The summed E-state index contributed by atoms with van der Waals surface area (Å²) in [6.45, 7) is 0. The smallest absolute Gasteiger partial charge is 0.208 e. The number of sulfone groups is 1. The third-order valence-corrected chi connectivity index (χ3v) is 5.51. The standard InChI is InChI=1S/C20H12F2N2O2S/c21-16-5-3-15(20(22)11-16)4-6-17-7-10-19(13-24-17)27(25,26)18-8-1-14(12-23)2-9-18/h1-11,13H. The van der Waals surface area contributed by atoms with Crippen LogP contribution in [-0.4, -0.2) is 13.4 Å². The molecule has 3 rings (SSSR count). The average Bonchev–Trinajstić information content (AvgIpc) is 2.67. The summed E-state index contributed by atoms with van der Waals surface area (Å²) in [6, 6.07) is 13.6. The van der Waals surface area contributed by atoms with Crippen LogP contribution in [0.1, 0.15) is 16.8 Å². The van der Waals surface area contributed by atoms with Crippen LogP contribution in [0.15, 0.2) is 70.6 Å². The summed E-state index contributed by atoms with van der Waals surface area (Å²) in [5.41, 5.74) is 0.963. The number of rotatable bonds is 4. The normalized spacial score (nSPS) is 11.4. The molecule has 0 saturated carbocycles. The van der Waals surface area contributed by atoms with Crippen LogP contribution in [0.25, 0.3) is 12.2 Å². The monoisotopic (exact) mass is 382 g/mol. The van der Waals surface area contributed by atoms with E-state index in [1.807, 2.05) is 6.07 Å². The molecule has 0 amide bonds. The number of hydrogen-bond acceptors (Lipinski definition) is 4. The third-order valence-electron chi connectivity index (χ3n) is 3.76. The van der Waals surface area contributed by atoms with Crippen molar-refractivity contribution in [3.05, 3.63) is 89.2 Å². The molecule has 7 heteroatoms. The van der Waals surface area contributed by atoms with E-state index in [-0.39, 0.29) is 15.4 Å². The lowest BCUT2D eigenvalue weighted by Crippen LogP contribution is -2.02. The molecule has 1 aromatic heterocycles. The molecule has 0 bridgehead atoms. The van der Waals surface area contributed by atoms with Gasteiger partial charge in [-0.15, -0.1) is 0 Å². The highest BCUT2D eigenvalue weighted by Crippen LogP contribution is 2.21. The lowest BCUT2D eigenvalue weighted by Gasteiger charge is -2.04. The predicted octanol–water partition coefficient (Wildman–Crippen LogP) is 4.23. The summed E-state index contributed by atoms with van der Waals surface area (Å²) in [6.07, 6.45) is 4.12. The zero-order valence-corrected chi connectivity index (χ0v) is 14.6. The van der Waals surface area contributed by atoms with Gasteiger partial charge < -0.3 is 0 Å². The summed E-state index contributed by atoms with van der Waals surface area (Å²) in [4.78, 5) is 4.10. The molecule has 134 valence electrons. The molecular formula is C20H12F2N2O2S. The molecule has 0 saturated heterocycles. The van der Waals surface area contributed by atoms with Gasteiger partial charge in [-0.2, -0.15) is 5.26 Å². The van der Waals surface area contributed by atoms with Crippen molar-refractivity contribution < 1.29 is 17.2 Å². The maximum Gasteiger partial charge on any atom is 0.208 e. The van der Waals surface area contributed by atoms with E-state index in [2.05, 4.69) is 4.98 Å². The fourth-order valence-electron chi connectivity index (χ4n) is 2.31. The Bertz CT molecular complexity index is 1150. The Balaban J connectivity index is 1.84. The van der Waals surface area contributed by atoms with Crippen molar-refractivity contribution in [3.63, 3.8) is 0 Å². The van der Waals surface area contributed by atoms with Gasteiger partial charge in [0.1, 0.15) is 11.6 Å². The number of nitriles is 1. The first kappa shape index (κ1) is 18.4. The van der Waals surface area contributed by atoms with Gasteiger partial charge in [0.2, 0.25) is 9.84 Å². The minimum Gasteiger partial charge on any atom is -0.256 e. The van der Waals surface area contributed by atoms with Gasteiger partial charge in [0.15, 0.2) is 0 Å². The molecule has 0 aliphatic heterocycles. The molecule has 0 spiro atoms. The van der Waals surface area contributed by atoms with E-state index in [1.54, 1.807) is 0 Å². The molecular weight excluding hydrogens is 370 g/mol. The van der Waals surface area contributed by atoms with E-state index < -0.39 is 21.5 Å². The number of halogens is 2. The first-order valence-corrected chi connectivity index (χ1v) is 9.23. The molecule has 0 unspecified atom stereocenters. The van der Waals surface area contributed by atoms with E-state index in [1.165, 1.54) is 60.8 Å². The van der Waals surface area contributed by atoms with E-state index in [9.17, 15) is 17.2 Å². The SMILES string of the molecule is N#Cc1ccc(S(=O)(=O)c2ccc(C=Cc3ccc(F)cc3F)nc2)cc1. The van der Waals surface area contributed by atoms with Crippen LogP contribution >= 0.6 is 0 Å². The van der Waals surface area contributed by atoms with E-state index in [4.69, 9.17) is 5.26 Å². The number of nitrogens with zero attached hydrogens (tertiary/aromatic N) is 2. The molecule has 2 aromatic carbocycles. The Labute approximate surface area is 155 Å². The fourth-order valence-corrected chi connectivity index (χ4v) is 3.51. The maximum atomic E-state index is 13.6. The van der Waals surface area contributed by atoms with Crippen molar-refractivity contribution in [1.82, 2.24) is 4.98 Å². The fraction of sp³-hybridized carbons (Fsp3) is 0. The summed E-state index contributed by atoms with van der Waals surface area (Å²) in [5.74, 6) is -1.37. The molecule has 4 nitrogen and oxygen atoms in total. The second kappa shape index (κ2) is 7.48. The van der Waals surface area contributed by atoms with E-state index in [0.717, 1.165) is 12.1 Å². The number of aromatic nitrogens is 1. The van der Waals surface area contributed by atoms with E-state index >= 15 is 0 Å². The van der Waals surface area contributed by atoms with Crippen molar-refractivity contribution in [2.24, 2.45) is 0 Å². The van der Waals surface area contributed by atoms with Gasteiger partial charge in [0.05, 0.1) is 27.1 Å². The second-order valence-corrected chi connectivity index (χ2v) is 7.51. The highest BCUT2D eigenvalue weighted by molar-refractivity contribution is 7.91. The molecule has 0 radical (unpaired) electrons. The van der Waals surface area contributed by atoms with Gasteiger partial charge in [-0.25, -0.2) is 17.2 Å². The Kier molecular flexibility index (Phi) is 5.10. The van der Waals surface area contributed by atoms with E-state index in [0.29, 0.717) is 11.3 Å². The molecule has 0 atom stereocenters. The lowest BCUT2D eigenvalue weighted by atomic mass is 10.2. The minimum atomic E-state index is -3.76. The van der Waals surface area contributed by atoms with Crippen LogP contribution in [0.2, 0.25) is 0 Å². The number of pyridine rings is 1. The summed E-state index contributed by atoms with van der Waals surface area (Å²) in [5, 5.41) is 8.78. The van der Waals surface area contributed by atoms with Crippen molar-refractivity contribution in [2.75, 3.05) is 0 Å². The average molecular weight is 382 g/mol. The minimum absolute atomic E-state index is 0.00248. The van der Waals surface area contributed by atoms with Gasteiger partial charge >= 0.3 is 0 Å². The predicted molar refractivity (Wildman–Crippen MR) is 96.1 cm³/mol. The summed E-state index contributed by atoms with van der Waals surface area (Å²) in [7, 11) is -3.76. The molecule has 0 N–H and O–H groups in total. The molecule has 0 aliphatic rings. The first-order chi connectivity index (χ1) is 12.9. The Hall–Kier alpha value is -3.37. The largest absolute Gasteiger partial charge is 0.256 e. The topological polar surface area (TPSA) is 70.8 Å². The number of benzene rings is 2. The Morgan fingerprint density at radius 1 is 0.926 bits per heavy atom. The highest BCUT2D eigenvalue weighted by Gasteiger charge is 2.17. The Morgan fingerprint density at radius 3 is 2.22 bits per heavy atom. The second-order valence-electron chi connectivity index (χ2n) is 5.56. The van der Waals surface area contributed by atoms with Crippen LogP contribution in [0.5, 0.6) is 0 Å². The van der Waals surface area contributed by atoms with Crippen LogP contribution in [-0.2, 0) is 9.84 Å². The van der Waals surface area contributed by atoms with Crippen molar-refractivity contribution in [2.45, 2.75) is 9.79 Å². The van der Waals surface area contributed by atoms with Crippen LogP contribution in [0.3, 0.4) is 0 Å². The molecule has 27 heavy (non-hydrogen) atoms. The molecule has 0 fully saturated rings. The zero-order chi connectivity index (χ0) is 19.4. The first-order valence-electron chi connectivity index (χ1n) is 7.74. The van der Waals surface area contributed by atoms with Gasteiger partial charge in [-0.1, -0.05) is 0 Å². The highest BCUT2D eigenvalue weighted by atomic mass is 32.2. The van der Waals surface area contributed by atoms with Gasteiger partial charge in [-0.05, 0) is 60.7 Å². The third kappa shape index (κ3) is 4.07. The summed E-state index contributed by atoms with van der Waals surface area (Å²) < 4.78 is 51.7. The Morgan fingerprint density at radius 2 is 1.63 bits per heavy atom. The van der Waals surface area contributed by atoms with Crippen LogP contribution < -0.4 is 0 Å². The molecule has 0 aliphatic carbocycles. The van der Waals surface area contributed by atoms with Crippen molar-refractivity contribution >= 4 is 22.0 Å².